The van der Waals surface area contributed by atoms with Crippen LogP contribution < -0.4 is 10.9 Å². The van der Waals surface area contributed by atoms with Crippen LogP contribution in [0.3, 0.4) is 0 Å². The molecule has 0 saturated carbocycles. The lowest BCUT2D eigenvalue weighted by atomic mass is 10.2. The van der Waals surface area contributed by atoms with Crippen LogP contribution in [0.4, 0.5) is 10.3 Å². The fourth-order valence-corrected chi connectivity index (χ4v) is 1.21. The minimum atomic E-state index is -0.473. The molecule has 1 aromatic carbocycles. The fraction of sp³-hybridized carbons (Fsp3) is 0. The lowest BCUT2D eigenvalue weighted by Gasteiger charge is -2.03. The third kappa shape index (κ3) is 2.75. The second-order valence-electron chi connectivity index (χ2n) is 3.24. The molecule has 6 heteroatoms. The Bertz CT molecular complexity index is 592. The van der Waals surface area contributed by atoms with E-state index in [9.17, 15) is 14.0 Å². The van der Waals surface area contributed by atoms with Gasteiger partial charge in [-0.2, -0.15) is 0 Å². The first-order chi connectivity index (χ1) is 8.15. The molecular formula is C11H8FN3O2. The van der Waals surface area contributed by atoms with Crippen LogP contribution in [0.15, 0.2) is 41.3 Å². The second-order valence-corrected chi connectivity index (χ2v) is 3.24. The van der Waals surface area contributed by atoms with Crippen LogP contribution in [0.2, 0.25) is 0 Å². The van der Waals surface area contributed by atoms with E-state index in [4.69, 9.17) is 0 Å². The van der Waals surface area contributed by atoms with Crippen LogP contribution in [-0.2, 0) is 0 Å². The van der Waals surface area contributed by atoms with Crippen molar-refractivity contribution in [1.82, 2.24) is 9.97 Å². The molecule has 5 nitrogen and oxygen atoms in total. The molecule has 0 spiro atoms. The molecule has 0 radical (unpaired) electrons. The molecule has 0 aliphatic heterocycles. The van der Waals surface area contributed by atoms with E-state index in [0.717, 1.165) is 0 Å². The predicted octanol–water partition coefficient (Wildman–Crippen LogP) is 1.16. The molecular weight excluding hydrogens is 225 g/mol. The zero-order valence-corrected chi connectivity index (χ0v) is 8.61. The maximum Gasteiger partial charge on any atom is 0.257 e. The number of nitrogens with one attached hydrogen (secondary N) is 2. The zero-order chi connectivity index (χ0) is 12.3. The normalized spacial score (nSPS) is 9.94. The van der Waals surface area contributed by atoms with Gasteiger partial charge in [-0.05, 0) is 24.3 Å². The van der Waals surface area contributed by atoms with Crippen molar-refractivity contribution in [3.8, 4) is 0 Å². The average Bonchev–Trinajstić information content (AvgIpc) is 2.29. The molecule has 1 heterocycles. The summed E-state index contributed by atoms with van der Waals surface area (Å²) >= 11 is 0. The Balaban J connectivity index is 2.17. The number of hydrogen-bond donors (Lipinski definition) is 2. The van der Waals surface area contributed by atoms with Crippen LogP contribution in [-0.4, -0.2) is 15.9 Å². The number of carbonyl (C=O) groups excluding carboxylic acids is 1. The highest BCUT2D eigenvalue weighted by Gasteiger charge is 2.06. The number of aromatic nitrogens is 2. The largest absolute Gasteiger partial charge is 0.292 e. The number of benzene rings is 1. The van der Waals surface area contributed by atoms with Gasteiger partial charge in [0.2, 0.25) is 5.95 Å². The molecule has 17 heavy (non-hydrogen) atoms. The Labute approximate surface area is 95.3 Å². The molecule has 2 N–H and O–H groups in total. The molecule has 2 rings (SSSR count). The molecule has 2 aromatic rings. The lowest BCUT2D eigenvalue weighted by Crippen LogP contribution is -2.17. The highest BCUT2D eigenvalue weighted by molar-refractivity contribution is 6.03. The summed E-state index contributed by atoms with van der Waals surface area (Å²) in [6, 6.07) is 6.26. The van der Waals surface area contributed by atoms with E-state index in [2.05, 4.69) is 15.3 Å². The van der Waals surface area contributed by atoms with Crippen molar-refractivity contribution in [2.24, 2.45) is 0 Å². The second kappa shape index (κ2) is 4.56. The van der Waals surface area contributed by atoms with Crippen LogP contribution in [0, 0.1) is 5.82 Å². The summed E-state index contributed by atoms with van der Waals surface area (Å²) in [6.45, 7) is 0. The molecule has 0 atom stereocenters. The summed E-state index contributed by atoms with van der Waals surface area (Å²) in [6.07, 6.45) is 1.28. The highest BCUT2D eigenvalue weighted by Crippen LogP contribution is 2.04. The molecule has 0 unspecified atom stereocenters. The Kier molecular flexibility index (Phi) is 2.95. The first-order valence-electron chi connectivity index (χ1n) is 4.77. The lowest BCUT2D eigenvalue weighted by molar-refractivity contribution is 0.102. The number of carbonyl (C=O) groups is 1. The fourth-order valence-electron chi connectivity index (χ4n) is 1.21. The van der Waals surface area contributed by atoms with E-state index >= 15 is 0 Å². The van der Waals surface area contributed by atoms with Crippen molar-refractivity contribution >= 4 is 11.9 Å². The molecule has 1 aromatic heterocycles. The Morgan fingerprint density at radius 1 is 1.24 bits per heavy atom. The predicted molar refractivity (Wildman–Crippen MR) is 59.2 cm³/mol. The van der Waals surface area contributed by atoms with Gasteiger partial charge in [-0.15, -0.1) is 0 Å². The van der Waals surface area contributed by atoms with Crippen LogP contribution in [0.25, 0.3) is 0 Å². The van der Waals surface area contributed by atoms with Crippen molar-refractivity contribution in [3.63, 3.8) is 0 Å². The van der Waals surface area contributed by atoms with E-state index in [1.165, 1.54) is 36.5 Å². The Morgan fingerprint density at radius 2 is 1.94 bits per heavy atom. The Hall–Kier alpha value is -2.50. The maximum atomic E-state index is 12.6. The van der Waals surface area contributed by atoms with E-state index in [1.807, 2.05) is 0 Å². The number of rotatable bonds is 2. The maximum absolute atomic E-state index is 12.6. The summed E-state index contributed by atoms with van der Waals surface area (Å²) in [7, 11) is 0. The van der Waals surface area contributed by atoms with Crippen molar-refractivity contribution < 1.29 is 9.18 Å². The quantitative estimate of drug-likeness (QED) is 0.817. The monoisotopic (exact) mass is 233 g/mol. The van der Waals surface area contributed by atoms with Gasteiger partial charge in [0, 0.05) is 17.8 Å². The third-order valence-corrected chi connectivity index (χ3v) is 2.01. The first kappa shape index (κ1) is 11.0. The SMILES string of the molecule is O=C(Nc1nccc(=O)[nH]1)c1ccc(F)cc1. The smallest absolute Gasteiger partial charge is 0.257 e. The van der Waals surface area contributed by atoms with Gasteiger partial charge in [0.05, 0.1) is 0 Å². The highest BCUT2D eigenvalue weighted by atomic mass is 19.1. The van der Waals surface area contributed by atoms with Gasteiger partial charge < -0.3 is 0 Å². The van der Waals surface area contributed by atoms with E-state index in [0.29, 0.717) is 0 Å². The average molecular weight is 233 g/mol. The van der Waals surface area contributed by atoms with Crippen LogP contribution in [0.5, 0.6) is 0 Å². The number of H-pyrrole nitrogens is 1. The minimum absolute atomic E-state index is 0.0480. The van der Waals surface area contributed by atoms with E-state index in [-0.39, 0.29) is 17.1 Å². The van der Waals surface area contributed by atoms with E-state index < -0.39 is 11.7 Å². The molecule has 86 valence electrons. The van der Waals surface area contributed by atoms with Gasteiger partial charge >= 0.3 is 0 Å². The first-order valence-corrected chi connectivity index (χ1v) is 4.77. The third-order valence-electron chi connectivity index (χ3n) is 2.01. The summed E-state index contributed by atoms with van der Waals surface area (Å²) in [4.78, 5) is 28.7. The van der Waals surface area contributed by atoms with Gasteiger partial charge in [-0.25, -0.2) is 9.37 Å². The minimum Gasteiger partial charge on any atom is -0.292 e. The van der Waals surface area contributed by atoms with E-state index in [1.54, 1.807) is 0 Å². The summed E-state index contributed by atoms with van der Waals surface area (Å²) in [5, 5.41) is 2.39. The summed E-state index contributed by atoms with van der Waals surface area (Å²) in [5.41, 5.74) is -0.0905. The number of aromatic amines is 1. The van der Waals surface area contributed by atoms with Crippen LogP contribution >= 0.6 is 0 Å². The van der Waals surface area contributed by atoms with Gasteiger partial charge in [0.1, 0.15) is 5.82 Å². The number of halogens is 1. The zero-order valence-electron chi connectivity index (χ0n) is 8.61. The van der Waals surface area contributed by atoms with Crippen molar-refractivity contribution in [3.05, 3.63) is 58.3 Å². The standard InChI is InChI=1S/C11H8FN3O2/c12-8-3-1-7(2-4-8)10(17)15-11-13-6-5-9(16)14-11/h1-6H,(H2,13,14,15,16,17). The molecule has 0 saturated heterocycles. The Morgan fingerprint density at radius 3 is 2.59 bits per heavy atom. The van der Waals surface area contributed by atoms with Crippen molar-refractivity contribution in [1.29, 1.82) is 0 Å². The van der Waals surface area contributed by atoms with Crippen molar-refractivity contribution in [2.45, 2.75) is 0 Å². The molecule has 0 aliphatic rings. The molecule has 0 aliphatic carbocycles. The number of amides is 1. The molecule has 1 amide bonds. The van der Waals surface area contributed by atoms with Gasteiger partial charge in [0.15, 0.2) is 0 Å². The number of nitrogens with zero attached hydrogens (tertiary/aromatic N) is 1. The number of hydrogen-bond acceptors (Lipinski definition) is 3. The number of anilines is 1. The van der Waals surface area contributed by atoms with Gasteiger partial charge in [0.25, 0.3) is 11.5 Å². The van der Waals surface area contributed by atoms with Crippen molar-refractivity contribution in [2.75, 3.05) is 5.32 Å². The van der Waals surface area contributed by atoms with Gasteiger partial charge in [-0.3, -0.25) is 19.9 Å². The topological polar surface area (TPSA) is 74.8 Å². The van der Waals surface area contributed by atoms with Gasteiger partial charge in [-0.1, -0.05) is 0 Å². The summed E-state index contributed by atoms with van der Waals surface area (Å²) in [5.74, 6) is -0.848. The summed E-state index contributed by atoms with van der Waals surface area (Å²) < 4.78 is 12.6. The molecule has 0 fully saturated rings. The molecule has 0 bridgehead atoms. The van der Waals surface area contributed by atoms with Crippen LogP contribution in [0.1, 0.15) is 10.4 Å².